The fourth-order valence-corrected chi connectivity index (χ4v) is 2.01. The van der Waals surface area contributed by atoms with Gasteiger partial charge >= 0.3 is 0 Å². The summed E-state index contributed by atoms with van der Waals surface area (Å²) in [5.41, 5.74) is -0.182. The first-order valence-electron chi connectivity index (χ1n) is 5.33. The van der Waals surface area contributed by atoms with Gasteiger partial charge in [0.05, 0.1) is 0 Å². The lowest BCUT2D eigenvalue weighted by molar-refractivity contribution is -0.144. The largest absolute Gasteiger partial charge is 0.396 e. The number of likely N-dealkylation sites (tertiary alicyclic amines) is 1. The molecule has 1 aliphatic rings. The van der Waals surface area contributed by atoms with E-state index in [-0.39, 0.29) is 29.9 Å². The quantitative estimate of drug-likeness (QED) is 0.710. The van der Waals surface area contributed by atoms with Crippen molar-refractivity contribution in [3.8, 4) is 0 Å². The Balaban J connectivity index is 2.88. The van der Waals surface area contributed by atoms with E-state index >= 15 is 0 Å². The summed E-state index contributed by atoms with van der Waals surface area (Å²) in [4.78, 5) is 24.5. The number of imide groups is 1. The topological polar surface area (TPSA) is 57.6 Å². The molecule has 1 saturated heterocycles. The van der Waals surface area contributed by atoms with Gasteiger partial charge in [0, 0.05) is 25.5 Å². The molecule has 1 aliphatic heterocycles. The Kier molecular flexibility index (Phi) is 3.50. The van der Waals surface area contributed by atoms with Crippen molar-refractivity contribution < 1.29 is 14.7 Å². The molecule has 15 heavy (non-hydrogen) atoms. The number of aliphatic hydroxyl groups is 1. The normalized spacial score (nSPS) is 19.9. The van der Waals surface area contributed by atoms with Gasteiger partial charge in [0.15, 0.2) is 0 Å². The molecule has 0 saturated carbocycles. The Morgan fingerprint density at radius 1 is 1.27 bits per heavy atom. The maximum Gasteiger partial charge on any atom is 0.229 e. The monoisotopic (exact) mass is 213 g/mol. The van der Waals surface area contributed by atoms with E-state index < -0.39 is 0 Å². The second-order valence-corrected chi connectivity index (χ2v) is 5.05. The van der Waals surface area contributed by atoms with E-state index in [4.69, 9.17) is 5.11 Å². The molecule has 4 nitrogen and oxygen atoms in total. The Bertz CT molecular complexity index is 251. The second kappa shape index (κ2) is 4.31. The molecule has 86 valence electrons. The third-order valence-electron chi connectivity index (χ3n) is 2.80. The van der Waals surface area contributed by atoms with Crippen LogP contribution >= 0.6 is 0 Å². The Morgan fingerprint density at radius 3 is 2.07 bits per heavy atom. The molecule has 1 N–H and O–H groups in total. The van der Waals surface area contributed by atoms with Crippen molar-refractivity contribution >= 4 is 11.8 Å². The third kappa shape index (κ3) is 2.56. The summed E-state index contributed by atoms with van der Waals surface area (Å²) in [6.45, 7) is 5.93. The molecule has 1 unspecified atom stereocenters. The van der Waals surface area contributed by atoms with Crippen molar-refractivity contribution in [2.24, 2.45) is 5.41 Å². The summed E-state index contributed by atoms with van der Waals surface area (Å²) in [7, 11) is 0. The molecule has 4 heteroatoms. The molecule has 2 amide bonds. The number of carbonyl (C=O) groups is 2. The van der Waals surface area contributed by atoms with E-state index in [1.807, 2.05) is 20.8 Å². The first-order chi connectivity index (χ1) is 6.88. The fourth-order valence-electron chi connectivity index (χ4n) is 2.01. The minimum Gasteiger partial charge on any atom is -0.396 e. The van der Waals surface area contributed by atoms with Crippen molar-refractivity contribution in [1.29, 1.82) is 0 Å². The summed E-state index contributed by atoms with van der Waals surface area (Å²) >= 11 is 0. The lowest BCUT2D eigenvalue weighted by Gasteiger charge is -2.36. The van der Waals surface area contributed by atoms with E-state index in [9.17, 15) is 9.59 Å². The number of rotatable bonds is 3. The van der Waals surface area contributed by atoms with Crippen molar-refractivity contribution in [3.05, 3.63) is 0 Å². The van der Waals surface area contributed by atoms with Crippen molar-refractivity contribution in [3.63, 3.8) is 0 Å². The standard InChI is InChI=1S/C11H19NO3/c1-11(2,3)8(6-7-13)12-9(14)4-5-10(12)15/h8,13H,4-7H2,1-3H3. The van der Waals surface area contributed by atoms with Crippen LogP contribution in [0.3, 0.4) is 0 Å². The smallest absolute Gasteiger partial charge is 0.229 e. The first-order valence-corrected chi connectivity index (χ1v) is 5.33. The number of amides is 2. The molecule has 0 aromatic rings. The molecular weight excluding hydrogens is 194 g/mol. The minimum absolute atomic E-state index is 0.000995. The highest BCUT2D eigenvalue weighted by molar-refractivity contribution is 6.02. The minimum atomic E-state index is -0.190. The van der Waals surface area contributed by atoms with E-state index in [1.165, 1.54) is 4.90 Å². The number of hydrogen-bond donors (Lipinski definition) is 1. The van der Waals surface area contributed by atoms with Crippen LogP contribution in [0.5, 0.6) is 0 Å². The highest BCUT2D eigenvalue weighted by Gasteiger charge is 2.40. The van der Waals surface area contributed by atoms with E-state index in [1.54, 1.807) is 0 Å². The molecule has 0 aliphatic carbocycles. The number of aliphatic hydroxyl groups excluding tert-OH is 1. The summed E-state index contributed by atoms with van der Waals surface area (Å²) in [6, 6.07) is -0.190. The Labute approximate surface area is 90.3 Å². The average Bonchev–Trinajstić information content (AvgIpc) is 2.41. The molecule has 0 spiro atoms. The maximum atomic E-state index is 11.6. The molecular formula is C11H19NO3. The number of hydrogen-bond acceptors (Lipinski definition) is 3. The molecule has 1 rings (SSSR count). The zero-order chi connectivity index (χ0) is 11.6. The summed E-state index contributed by atoms with van der Waals surface area (Å²) in [6.07, 6.45) is 1.09. The van der Waals surface area contributed by atoms with Gasteiger partial charge in [0.1, 0.15) is 0 Å². The average molecular weight is 213 g/mol. The SMILES string of the molecule is CC(C)(C)C(CCO)N1C(=O)CCC1=O. The van der Waals surface area contributed by atoms with Crippen molar-refractivity contribution in [2.45, 2.75) is 46.1 Å². The van der Waals surface area contributed by atoms with E-state index in [2.05, 4.69) is 0 Å². The molecule has 0 aromatic heterocycles. The molecule has 0 bridgehead atoms. The van der Waals surface area contributed by atoms with Gasteiger partial charge in [0.2, 0.25) is 11.8 Å². The van der Waals surface area contributed by atoms with Crippen LogP contribution in [-0.4, -0.2) is 34.5 Å². The fraction of sp³-hybridized carbons (Fsp3) is 0.818. The Morgan fingerprint density at radius 2 is 1.73 bits per heavy atom. The van der Waals surface area contributed by atoms with Crippen LogP contribution in [0.4, 0.5) is 0 Å². The van der Waals surface area contributed by atoms with Gasteiger partial charge in [-0.05, 0) is 11.8 Å². The zero-order valence-electron chi connectivity index (χ0n) is 9.62. The predicted octanol–water partition coefficient (Wildman–Crippen LogP) is 0.932. The maximum absolute atomic E-state index is 11.6. The van der Waals surface area contributed by atoms with Crippen molar-refractivity contribution in [2.75, 3.05) is 6.61 Å². The van der Waals surface area contributed by atoms with Crippen LogP contribution in [-0.2, 0) is 9.59 Å². The summed E-state index contributed by atoms with van der Waals surface area (Å²) in [5.74, 6) is -0.207. The van der Waals surface area contributed by atoms with Gasteiger partial charge < -0.3 is 5.11 Å². The van der Waals surface area contributed by atoms with Crippen LogP contribution in [0.25, 0.3) is 0 Å². The summed E-state index contributed by atoms with van der Waals surface area (Å²) < 4.78 is 0. The highest BCUT2D eigenvalue weighted by atomic mass is 16.3. The predicted molar refractivity (Wildman–Crippen MR) is 56.0 cm³/mol. The molecule has 1 atom stereocenters. The highest BCUT2D eigenvalue weighted by Crippen LogP contribution is 2.30. The molecule has 0 radical (unpaired) electrons. The summed E-state index contributed by atoms with van der Waals surface area (Å²) in [5, 5.41) is 8.98. The third-order valence-corrected chi connectivity index (χ3v) is 2.80. The first kappa shape index (κ1) is 12.2. The lowest BCUT2D eigenvalue weighted by Crippen LogP contribution is -2.47. The number of carbonyl (C=O) groups excluding carboxylic acids is 2. The lowest BCUT2D eigenvalue weighted by atomic mass is 9.84. The van der Waals surface area contributed by atoms with Crippen LogP contribution in [0.2, 0.25) is 0 Å². The van der Waals surface area contributed by atoms with Crippen LogP contribution < -0.4 is 0 Å². The van der Waals surface area contributed by atoms with Gasteiger partial charge in [0.25, 0.3) is 0 Å². The van der Waals surface area contributed by atoms with Gasteiger partial charge in [-0.25, -0.2) is 0 Å². The molecule has 1 fully saturated rings. The molecule has 0 aromatic carbocycles. The van der Waals surface area contributed by atoms with Gasteiger partial charge in [-0.15, -0.1) is 0 Å². The van der Waals surface area contributed by atoms with Crippen LogP contribution in [0, 0.1) is 5.41 Å². The molecule has 1 heterocycles. The number of nitrogens with zero attached hydrogens (tertiary/aromatic N) is 1. The van der Waals surface area contributed by atoms with E-state index in [0.717, 1.165) is 0 Å². The van der Waals surface area contributed by atoms with E-state index in [0.29, 0.717) is 19.3 Å². The van der Waals surface area contributed by atoms with Crippen molar-refractivity contribution in [1.82, 2.24) is 4.90 Å². The van der Waals surface area contributed by atoms with Gasteiger partial charge in [-0.1, -0.05) is 20.8 Å². The Hall–Kier alpha value is -0.900. The van der Waals surface area contributed by atoms with Crippen LogP contribution in [0.15, 0.2) is 0 Å². The van der Waals surface area contributed by atoms with Crippen LogP contribution in [0.1, 0.15) is 40.0 Å². The zero-order valence-corrected chi connectivity index (χ0v) is 9.62. The van der Waals surface area contributed by atoms with Gasteiger partial charge in [-0.3, -0.25) is 14.5 Å². The second-order valence-electron chi connectivity index (χ2n) is 5.05. The van der Waals surface area contributed by atoms with Gasteiger partial charge in [-0.2, -0.15) is 0 Å².